The van der Waals surface area contributed by atoms with Gasteiger partial charge in [0.05, 0.1) is 5.69 Å². The number of nitrogens with zero attached hydrogens (tertiary/aromatic N) is 1. The maximum Gasteiger partial charge on any atom is 0.251 e. The molecule has 0 bridgehead atoms. The summed E-state index contributed by atoms with van der Waals surface area (Å²) in [5, 5.41) is 12.8. The second-order valence-corrected chi connectivity index (χ2v) is 5.74. The molecule has 0 aliphatic heterocycles. The van der Waals surface area contributed by atoms with Gasteiger partial charge in [-0.1, -0.05) is 12.1 Å². The molecule has 0 saturated carbocycles. The zero-order valence-electron chi connectivity index (χ0n) is 11.9. The molecule has 0 aliphatic rings. The number of benzene rings is 1. The van der Waals surface area contributed by atoms with Gasteiger partial charge in [-0.05, 0) is 32.9 Å². The summed E-state index contributed by atoms with van der Waals surface area (Å²) in [6.07, 6.45) is 0. The fraction of sp³-hybridized carbons (Fsp3) is 0.333. The van der Waals surface area contributed by atoms with Gasteiger partial charge in [0.2, 0.25) is 0 Å². The van der Waals surface area contributed by atoms with E-state index in [4.69, 9.17) is 0 Å². The van der Waals surface area contributed by atoms with Gasteiger partial charge in [-0.3, -0.25) is 4.79 Å². The van der Waals surface area contributed by atoms with Crippen LogP contribution in [0.2, 0.25) is 0 Å². The minimum atomic E-state index is -0.205. The number of hydrogen-bond acceptors (Lipinski definition) is 4. The fourth-order valence-electron chi connectivity index (χ4n) is 1.74. The lowest BCUT2D eigenvalue weighted by atomic mass is 10.1. The van der Waals surface area contributed by atoms with E-state index >= 15 is 0 Å². The molecular weight excluding hydrogens is 254 g/mol. The highest BCUT2D eigenvalue weighted by Gasteiger charge is 2.10. The average molecular weight is 273 g/mol. The second-order valence-electron chi connectivity index (χ2n) is 5.74. The van der Waals surface area contributed by atoms with Crippen molar-refractivity contribution in [3.05, 3.63) is 46.4 Å². The summed E-state index contributed by atoms with van der Waals surface area (Å²) in [7, 11) is 0. The number of H-pyrrole nitrogens is 1. The number of nitrogens with one attached hydrogen (secondary N) is 2. The first-order valence-electron chi connectivity index (χ1n) is 6.48. The number of phenols is 1. The van der Waals surface area contributed by atoms with E-state index < -0.39 is 0 Å². The Morgan fingerprint density at radius 3 is 2.70 bits per heavy atom. The van der Waals surface area contributed by atoms with Gasteiger partial charge in [-0.15, -0.1) is 0 Å². The Labute approximate surface area is 117 Å². The number of hydrogen-bond donors (Lipinski definition) is 3. The standard InChI is InChI=1S/C15H19N3O2/c1-15(2,3)16-9-11-8-13(20)18-14(17-11)10-5-4-6-12(19)7-10/h4-8,16,19H,9H2,1-3H3,(H,17,18,20). The van der Waals surface area contributed by atoms with Gasteiger partial charge in [-0.2, -0.15) is 0 Å². The van der Waals surface area contributed by atoms with E-state index in [1.54, 1.807) is 24.3 Å². The predicted molar refractivity (Wildman–Crippen MR) is 78.6 cm³/mol. The van der Waals surface area contributed by atoms with Crippen molar-refractivity contribution in [1.82, 2.24) is 15.3 Å². The molecule has 3 N–H and O–H groups in total. The fourth-order valence-corrected chi connectivity index (χ4v) is 1.74. The van der Waals surface area contributed by atoms with Crippen LogP contribution in [0.25, 0.3) is 11.4 Å². The van der Waals surface area contributed by atoms with E-state index in [-0.39, 0.29) is 16.8 Å². The Bertz CT molecular complexity index is 657. The maximum absolute atomic E-state index is 11.7. The van der Waals surface area contributed by atoms with Gasteiger partial charge in [0.1, 0.15) is 11.6 Å². The Hall–Kier alpha value is -2.14. The Morgan fingerprint density at radius 2 is 2.05 bits per heavy atom. The normalized spacial score (nSPS) is 11.6. The van der Waals surface area contributed by atoms with Crippen LogP contribution in [0.3, 0.4) is 0 Å². The van der Waals surface area contributed by atoms with Gasteiger partial charge < -0.3 is 15.4 Å². The SMILES string of the molecule is CC(C)(C)NCc1cc(=O)[nH]c(-c2cccc(O)c2)n1. The summed E-state index contributed by atoms with van der Waals surface area (Å²) >= 11 is 0. The van der Waals surface area contributed by atoms with Crippen LogP contribution in [0.4, 0.5) is 0 Å². The quantitative estimate of drug-likeness (QED) is 0.799. The van der Waals surface area contributed by atoms with Crippen LogP contribution in [0.15, 0.2) is 35.1 Å². The Balaban J connectivity index is 2.32. The Kier molecular flexibility index (Phi) is 3.90. The van der Waals surface area contributed by atoms with E-state index in [9.17, 15) is 9.90 Å². The van der Waals surface area contributed by atoms with Crippen molar-refractivity contribution >= 4 is 0 Å². The van der Waals surface area contributed by atoms with Crippen LogP contribution in [0, 0.1) is 0 Å². The lowest BCUT2D eigenvalue weighted by Gasteiger charge is -2.20. The predicted octanol–water partition coefficient (Wildman–Crippen LogP) is 2.03. The molecule has 106 valence electrons. The Morgan fingerprint density at radius 1 is 1.30 bits per heavy atom. The molecule has 0 amide bonds. The van der Waals surface area contributed by atoms with Crippen LogP contribution in [-0.4, -0.2) is 20.6 Å². The van der Waals surface area contributed by atoms with Crippen LogP contribution < -0.4 is 10.9 Å². The van der Waals surface area contributed by atoms with E-state index in [1.807, 2.05) is 0 Å². The van der Waals surface area contributed by atoms with Crippen LogP contribution in [0.5, 0.6) is 5.75 Å². The molecule has 2 aromatic rings. The molecule has 0 spiro atoms. The van der Waals surface area contributed by atoms with Gasteiger partial charge in [0.25, 0.3) is 5.56 Å². The van der Waals surface area contributed by atoms with Crippen molar-refractivity contribution in [3.8, 4) is 17.1 Å². The molecule has 1 heterocycles. The number of phenolic OH excluding ortho intramolecular Hbond substituents is 1. The number of rotatable bonds is 3. The van der Waals surface area contributed by atoms with Gasteiger partial charge in [0.15, 0.2) is 0 Å². The average Bonchev–Trinajstić information content (AvgIpc) is 2.35. The third-order valence-corrected chi connectivity index (χ3v) is 2.71. The largest absolute Gasteiger partial charge is 0.508 e. The molecule has 20 heavy (non-hydrogen) atoms. The van der Waals surface area contributed by atoms with Crippen molar-refractivity contribution in [2.24, 2.45) is 0 Å². The molecule has 5 nitrogen and oxygen atoms in total. The molecule has 0 atom stereocenters. The van der Waals surface area contributed by atoms with Gasteiger partial charge >= 0.3 is 0 Å². The first-order valence-corrected chi connectivity index (χ1v) is 6.48. The van der Waals surface area contributed by atoms with E-state index in [1.165, 1.54) is 6.07 Å². The lowest BCUT2D eigenvalue weighted by Crippen LogP contribution is -2.35. The van der Waals surface area contributed by atoms with Gasteiger partial charge in [-0.25, -0.2) is 4.98 Å². The summed E-state index contributed by atoms with van der Waals surface area (Å²) in [5.41, 5.74) is 1.10. The first-order chi connectivity index (χ1) is 9.33. The number of aromatic hydroxyl groups is 1. The first kappa shape index (κ1) is 14.3. The molecule has 1 aromatic carbocycles. The van der Waals surface area contributed by atoms with Crippen LogP contribution >= 0.6 is 0 Å². The third kappa shape index (κ3) is 3.93. The summed E-state index contributed by atoms with van der Waals surface area (Å²) in [4.78, 5) is 18.8. The summed E-state index contributed by atoms with van der Waals surface area (Å²) in [6, 6.07) is 8.13. The van der Waals surface area contributed by atoms with Gasteiger partial charge in [0, 0.05) is 23.7 Å². The monoisotopic (exact) mass is 273 g/mol. The zero-order valence-corrected chi connectivity index (χ0v) is 11.9. The van der Waals surface area contributed by atoms with Crippen molar-refractivity contribution in [3.63, 3.8) is 0 Å². The minimum Gasteiger partial charge on any atom is -0.508 e. The maximum atomic E-state index is 11.7. The molecule has 0 saturated heterocycles. The topological polar surface area (TPSA) is 78.0 Å². The highest BCUT2D eigenvalue weighted by molar-refractivity contribution is 5.57. The molecule has 0 aliphatic carbocycles. The van der Waals surface area contributed by atoms with Crippen molar-refractivity contribution in [2.75, 3.05) is 0 Å². The minimum absolute atomic E-state index is 0.0462. The zero-order chi connectivity index (χ0) is 14.8. The molecular formula is C15H19N3O2. The smallest absolute Gasteiger partial charge is 0.251 e. The molecule has 5 heteroatoms. The lowest BCUT2D eigenvalue weighted by molar-refractivity contribution is 0.421. The van der Waals surface area contributed by atoms with Crippen LogP contribution in [0.1, 0.15) is 26.5 Å². The molecule has 2 rings (SSSR count). The second kappa shape index (κ2) is 5.46. The molecule has 0 radical (unpaired) electrons. The third-order valence-electron chi connectivity index (χ3n) is 2.71. The molecule has 1 aromatic heterocycles. The van der Waals surface area contributed by atoms with Crippen molar-refractivity contribution < 1.29 is 5.11 Å². The van der Waals surface area contributed by atoms with E-state index in [2.05, 4.69) is 36.1 Å². The van der Waals surface area contributed by atoms with Crippen molar-refractivity contribution in [1.29, 1.82) is 0 Å². The molecule has 0 fully saturated rings. The summed E-state index contributed by atoms with van der Waals surface area (Å²) < 4.78 is 0. The molecule has 0 unspecified atom stereocenters. The number of aromatic nitrogens is 2. The highest BCUT2D eigenvalue weighted by atomic mass is 16.3. The summed E-state index contributed by atoms with van der Waals surface area (Å²) in [6.45, 7) is 6.67. The van der Waals surface area contributed by atoms with E-state index in [0.29, 0.717) is 23.6 Å². The number of aromatic amines is 1. The highest BCUT2D eigenvalue weighted by Crippen LogP contribution is 2.19. The van der Waals surface area contributed by atoms with E-state index in [0.717, 1.165) is 0 Å². The summed E-state index contributed by atoms with van der Waals surface area (Å²) in [5.74, 6) is 0.600. The van der Waals surface area contributed by atoms with Crippen molar-refractivity contribution in [2.45, 2.75) is 32.9 Å². The van der Waals surface area contributed by atoms with Crippen LogP contribution in [-0.2, 0) is 6.54 Å².